The fourth-order valence-corrected chi connectivity index (χ4v) is 2.01. The molecule has 1 aromatic carbocycles. The summed E-state index contributed by atoms with van der Waals surface area (Å²) in [5.74, 6) is 0. The van der Waals surface area contributed by atoms with E-state index in [4.69, 9.17) is 0 Å². The van der Waals surface area contributed by atoms with Gasteiger partial charge in [0, 0.05) is 18.3 Å². The number of fused-ring (bicyclic) bond motifs is 1. The predicted molar refractivity (Wildman–Crippen MR) is 61.4 cm³/mol. The van der Waals surface area contributed by atoms with E-state index in [2.05, 4.69) is 52.2 Å². The van der Waals surface area contributed by atoms with Crippen LogP contribution < -0.4 is 0 Å². The van der Waals surface area contributed by atoms with E-state index in [-0.39, 0.29) is 0 Å². The maximum Gasteiger partial charge on any atom is 0.0884 e. The molecular formula is C13H12N2. The van der Waals surface area contributed by atoms with Gasteiger partial charge in [0.25, 0.3) is 0 Å². The Labute approximate surface area is 88.9 Å². The Kier molecular flexibility index (Phi) is 1.91. The Balaban J connectivity index is 2.12. The summed E-state index contributed by atoms with van der Waals surface area (Å²) in [6.07, 6.45) is 2.12. The van der Waals surface area contributed by atoms with Crippen LogP contribution in [0.4, 0.5) is 0 Å². The number of aliphatic imine (C=N–C) groups is 1. The number of hydrogen-bond acceptors (Lipinski definition) is 1. The molecule has 0 unspecified atom stereocenters. The Morgan fingerprint density at radius 1 is 1.00 bits per heavy atom. The molecule has 0 saturated heterocycles. The van der Waals surface area contributed by atoms with E-state index < -0.39 is 0 Å². The van der Waals surface area contributed by atoms with Crippen molar-refractivity contribution in [1.29, 1.82) is 0 Å². The lowest BCUT2D eigenvalue weighted by atomic mass is 10.1. The van der Waals surface area contributed by atoms with Gasteiger partial charge in [0.15, 0.2) is 0 Å². The second kappa shape index (κ2) is 3.39. The minimum Gasteiger partial charge on any atom is -0.344 e. The first kappa shape index (κ1) is 8.48. The van der Waals surface area contributed by atoms with Crippen molar-refractivity contribution in [2.75, 3.05) is 6.54 Å². The van der Waals surface area contributed by atoms with Crippen molar-refractivity contribution in [3.05, 3.63) is 59.9 Å². The molecule has 15 heavy (non-hydrogen) atoms. The van der Waals surface area contributed by atoms with Gasteiger partial charge in [-0.05, 0) is 12.1 Å². The van der Waals surface area contributed by atoms with Crippen molar-refractivity contribution in [2.45, 2.75) is 6.54 Å². The molecular weight excluding hydrogens is 184 g/mol. The summed E-state index contributed by atoms with van der Waals surface area (Å²) in [7, 11) is 0. The largest absolute Gasteiger partial charge is 0.344 e. The normalized spacial score (nSPS) is 14.5. The molecule has 2 heterocycles. The fraction of sp³-hybridized carbons (Fsp3) is 0.154. The summed E-state index contributed by atoms with van der Waals surface area (Å²) in [6.45, 7) is 1.88. The van der Waals surface area contributed by atoms with Gasteiger partial charge in [-0.25, -0.2) is 0 Å². The van der Waals surface area contributed by atoms with Gasteiger partial charge in [-0.1, -0.05) is 30.3 Å². The number of benzene rings is 1. The standard InChI is InChI=1S/C13H12N2/c1-2-5-11(6-3-1)13-12-7-4-9-15(12)10-8-14-13/h1-7,9H,8,10H2. The zero-order valence-electron chi connectivity index (χ0n) is 8.43. The number of hydrogen-bond donors (Lipinski definition) is 0. The van der Waals surface area contributed by atoms with E-state index in [1.807, 2.05) is 6.07 Å². The lowest BCUT2D eigenvalue weighted by molar-refractivity contribution is 0.690. The Morgan fingerprint density at radius 3 is 2.73 bits per heavy atom. The molecule has 0 amide bonds. The zero-order chi connectivity index (χ0) is 10.1. The first-order chi connectivity index (χ1) is 7.45. The topological polar surface area (TPSA) is 17.3 Å². The molecule has 0 spiro atoms. The summed E-state index contributed by atoms with van der Waals surface area (Å²) in [6, 6.07) is 14.6. The molecule has 1 aromatic heterocycles. The highest BCUT2D eigenvalue weighted by Crippen LogP contribution is 2.15. The van der Waals surface area contributed by atoms with E-state index in [0.717, 1.165) is 18.8 Å². The van der Waals surface area contributed by atoms with Gasteiger partial charge in [-0.2, -0.15) is 0 Å². The Morgan fingerprint density at radius 2 is 1.87 bits per heavy atom. The quantitative estimate of drug-likeness (QED) is 0.666. The average Bonchev–Trinajstić information content (AvgIpc) is 2.78. The lowest BCUT2D eigenvalue weighted by Crippen LogP contribution is -2.18. The molecule has 0 N–H and O–H groups in total. The van der Waals surface area contributed by atoms with Crippen molar-refractivity contribution in [2.24, 2.45) is 4.99 Å². The molecule has 3 rings (SSSR count). The van der Waals surface area contributed by atoms with Crippen molar-refractivity contribution in [3.63, 3.8) is 0 Å². The van der Waals surface area contributed by atoms with Crippen molar-refractivity contribution in [1.82, 2.24) is 4.57 Å². The second-order valence-corrected chi connectivity index (χ2v) is 3.68. The number of nitrogens with zero attached hydrogens (tertiary/aromatic N) is 2. The van der Waals surface area contributed by atoms with Gasteiger partial charge in [-0.15, -0.1) is 0 Å². The third-order valence-corrected chi connectivity index (χ3v) is 2.73. The minimum absolute atomic E-state index is 0.881. The fourth-order valence-electron chi connectivity index (χ4n) is 2.01. The first-order valence-electron chi connectivity index (χ1n) is 5.20. The molecule has 2 aromatic rings. The summed E-state index contributed by atoms with van der Waals surface area (Å²) in [5, 5.41) is 0. The van der Waals surface area contributed by atoms with Crippen LogP contribution in [-0.4, -0.2) is 16.8 Å². The molecule has 0 bridgehead atoms. The van der Waals surface area contributed by atoms with Crippen LogP contribution in [-0.2, 0) is 6.54 Å². The molecule has 1 aliphatic heterocycles. The Hall–Kier alpha value is -1.83. The third-order valence-electron chi connectivity index (χ3n) is 2.73. The second-order valence-electron chi connectivity index (χ2n) is 3.68. The van der Waals surface area contributed by atoms with Crippen LogP contribution in [0.1, 0.15) is 11.3 Å². The van der Waals surface area contributed by atoms with Gasteiger partial charge in [0.05, 0.1) is 18.0 Å². The summed E-state index contributed by atoms with van der Waals surface area (Å²) in [5.41, 5.74) is 3.55. The molecule has 2 heteroatoms. The lowest BCUT2D eigenvalue weighted by Gasteiger charge is -2.16. The highest BCUT2D eigenvalue weighted by Gasteiger charge is 2.13. The van der Waals surface area contributed by atoms with Gasteiger partial charge >= 0.3 is 0 Å². The Bertz CT molecular complexity index is 494. The van der Waals surface area contributed by atoms with Crippen molar-refractivity contribution >= 4 is 5.71 Å². The van der Waals surface area contributed by atoms with E-state index in [1.54, 1.807) is 0 Å². The van der Waals surface area contributed by atoms with Crippen LogP contribution in [0.3, 0.4) is 0 Å². The number of rotatable bonds is 1. The van der Waals surface area contributed by atoms with Crippen LogP contribution in [0.25, 0.3) is 0 Å². The molecule has 0 aliphatic carbocycles. The summed E-state index contributed by atoms with van der Waals surface area (Å²) in [4.78, 5) is 4.61. The van der Waals surface area contributed by atoms with E-state index in [9.17, 15) is 0 Å². The third kappa shape index (κ3) is 1.38. The molecule has 2 nitrogen and oxygen atoms in total. The molecule has 74 valence electrons. The maximum absolute atomic E-state index is 4.61. The van der Waals surface area contributed by atoms with Crippen LogP contribution in [0.2, 0.25) is 0 Å². The summed E-state index contributed by atoms with van der Waals surface area (Å²) < 4.78 is 2.26. The first-order valence-corrected chi connectivity index (χ1v) is 5.20. The van der Waals surface area contributed by atoms with Crippen LogP contribution >= 0.6 is 0 Å². The van der Waals surface area contributed by atoms with Crippen LogP contribution in [0, 0.1) is 0 Å². The van der Waals surface area contributed by atoms with Gasteiger partial charge in [0.1, 0.15) is 0 Å². The highest BCUT2D eigenvalue weighted by molar-refractivity contribution is 6.12. The van der Waals surface area contributed by atoms with Crippen molar-refractivity contribution < 1.29 is 0 Å². The van der Waals surface area contributed by atoms with E-state index in [0.29, 0.717) is 0 Å². The van der Waals surface area contributed by atoms with Gasteiger partial charge in [0.2, 0.25) is 0 Å². The van der Waals surface area contributed by atoms with E-state index in [1.165, 1.54) is 11.3 Å². The molecule has 0 saturated carbocycles. The monoisotopic (exact) mass is 196 g/mol. The summed E-state index contributed by atoms with van der Waals surface area (Å²) >= 11 is 0. The van der Waals surface area contributed by atoms with Crippen LogP contribution in [0.15, 0.2) is 53.7 Å². The molecule has 0 atom stereocenters. The van der Waals surface area contributed by atoms with E-state index >= 15 is 0 Å². The maximum atomic E-state index is 4.61. The SMILES string of the molecule is c1ccc(C2=NCCn3cccc32)cc1. The van der Waals surface area contributed by atoms with Gasteiger partial charge in [-0.3, -0.25) is 4.99 Å². The highest BCUT2D eigenvalue weighted by atomic mass is 15.0. The van der Waals surface area contributed by atoms with Gasteiger partial charge < -0.3 is 4.57 Å². The zero-order valence-corrected chi connectivity index (χ0v) is 8.43. The van der Waals surface area contributed by atoms with Crippen LogP contribution in [0.5, 0.6) is 0 Å². The minimum atomic E-state index is 0.881. The predicted octanol–water partition coefficient (Wildman–Crippen LogP) is 2.34. The smallest absolute Gasteiger partial charge is 0.0884 e. The van der Waals surface area contributed by atoms with Crippen molar-refractivity contribution in [3.8, 4) is 0 Å². The molecule has 1 aliphatic rings. The average molecular weight is 196 g/mol. The number of aromatic nitrogens is 1. The molecule has 0 radical (unpaired) electrons. The molecule has 0 fully saturated rings.